The second-order valence-corrected chi connectivity index (χ2v) is 5.03. The van der Waals surface area contributed by atoms with E-state index in [9.17, 15) is 4.79 Å². The molecule has 0 aliphatic rings. The Bertz CT molecular complexity index is 597. The van der Waals surface area contributed by atoms with Gasteiger partial charge in [0.25, 0.3) is 0 Å². The Hall–Kier alpha value is -1.64. The van der Waals surface area contributed by atoms with Crippen LogP contribution in [0.1, 0.15) is 50.9 Å². The second-order valence-electron chi connectivity index (χ2n) is 5.03. The number of rotatable bonds is 2. The van der Waals surface area contributed by atoms with Crippen LogP contribution in [-0.4, -0.2) is 9.97 Å². The van der Waals surface area contributed by atoms with Gasteiger partial charge in [0, 0.05) is 17.1 Å². The lowest BCUT2D eigenvalue weighted by atomic mass is 10.0. The first-order valence-electron chi connectivity index (χ1n) is 6.03. The van der Waals surface area contributed by atoms with Gasteiger partial charge < -0.3 is 4.98 Å². The predicted molar refractivity (Wildman–Crippen MR) is 70.5 cm³/mol. The lowest BCUT2D eigenvalue weighted by Gasteiger charge is -2.13. The van der Waals surface area contributed by atoms with Gasteiger partial charge in [-0.25, -0.2) is 0 Å². The molecule has 0 unspecified atom stereocenters. The summed E-state index contributed by atoms with van der Waals surface area (Å²) in [6.07, 6.45) is 0. The number of aromatic nitrogens is 2. The van der Waals surface area contributed by atoms with Crippen LogP contribution in [0, 0.1) is 0 Å². The van der Waals surface area contributed by atoms with E-state index in [0.29, 0.717) is 11.8 Å². The highest BCUT2D eigenvalue weighted by atomic mass is 16.1. The smallest absolute Gasteiger partial charge is 0.248 e. The molecule has 17 heavy (non-hydrogen) atoms. The molecule has 0 radical (unpaired) electrons. The highest BCUT2D eigenvalue weighted by molar-refractivity contribution is 5.81. The zero-order chi connectivity index (χ0) is 12.6. The van der Waals surface area contributed by atoms with Crippen molar-refractivity contribution in [2.45, 2.75) is 39.5 Å². The van der Waals surface area contributed by atoms with Crippen molar-refractivity contribution in [1.29, 1.82) is 0 Å². The Kier molecular flexibility index (Phi) is 3.01. The minimum Gasteiger partial charge on any atom is -0.322 e. The molecule has 0 amide bonds. The highest BCUT2D eigenvalue weighted by Gasteiger charge is 2.11. The van der Waals surface area contributed by atoms with Gasteiger partial charge in [-0.05, 0) is 24.0 Å². The molecule has 3 nitrogen and oxygen atoms in total. The van der Waals surface area contributed by atoms with Crippen LogP contribution in [0.2, 0.25) is 0 Å². The molecule has 2 heterocycles. The van der Waals surface area contributed by atoms with Gasteiger partial charge >= 0.3 is 0 Å². The van der Waals surface area contributed by atoms with Crippen molar-refractivity contribution < 1.29 is 0 Å². The first-order chi connectivity index (χ1) is 7.99. The Balaban J connectivity index is 2.81. The van der Waals surface area contributed by atoms with Gasteiger partial charge in [-0.2, -0.15) is 0 Å². The van der Waals surface area contributed by atoms with E-state index in [0.717, 1.165) is 22.3 Å². The number of fused-ring (bicyclic) bond motifs is 1. The maximum absolute atomic E-state index is 11.4. The van der Waals surface area contributed by atoms with Crippen molar-refractivity contribution in [1.82, 2.24) is 9.97 Å². The van der Waals surface area contributed by atoms with E-state index >= 15 is 0 Å². The first-order valence-corrected chi connectivity index (χ1v) is 6.03. The van der Waals surface area contributed by atoms with E-state index in [1.165, 1.54) is 0 Å². The maximum atomic E-state index is 11.4. The third-order valence-corrected chi connectivity index (χ3v) is 2.91. The van der Waals surface area contributed by atoms with Crippen molar-refractivity contribution in [3.8, 4) is 0 Å². The van der Waals surface area contributed by atoms with E-state index in [-0.39, 0.29) is 5.56 Å². The maximum Gasteiger partial charge on any atom is 0.248 e. The molecule has 0 aromatic carbocycles. The molecular weight excluding hydrogens is 212 g/mol. The molecule has 0 saturated heterocycles. The summed E-state index contributed by atoms with van der Waals surface area (Å²) in [7, 11) is 0. The van der Waals surface area contributed by atoms with Gasteiger partial charge in [-0.1, -0.05) is 27.7 Å². The van der Waals surface area contributed by atoms with Crippen molar-refractivity contribution >= 4 is 10.9 Å². The average molecular weight is 230 g/mol. The van der Waals surface area contributed by atoms with Gasteiger partial charge in [0.05, 0.1) is 11.2 Å². The van der Waals surface area contributed by atoms with Crippen LogP contribution in [0.3, 0.4) is 0 Å². The molecule has 90 valence electrons. The highest BCUT2D eigenvalue weighted by Crippen LogP contribution is 2.25. The molecular formula is C14H18N2O. The molecule has 2 rings (SSSR count). The molecule has 0 aliphatic heterocycles. The molecule has 0 spiro atoms. The van der Waals surface area contributed by atoms with E-state index in [2.05, 4.69) is 32.7 Å². The van der Waals surface area contributed by atoms with E-state index in [4.69, 9.17) is 4.98 Å². The van der Waals surface area contributed by atoms with Crippen LogP contribution in [0.5, 0.6) is 0 Å². The molecule has 0 bridgehead atoms. The van der Waals surface area contributed by atoms with Crippen molar-refractivity contribution in [2.75, 3.05) is 0 Å². The van der Waals surface area contributed by atoms with Gasteiger partial charge in [-0.3, -0.25) is 9.78 Å². The second kappa shape index (κ2) is 4.32. The van der Waals surface area contributed by atoms with Crippen LogP contribution in [-0.2, 0) is 0 Å². The minimum atomic E-state index is -0.0619. The molecule has 2 aromatic heterocycles. The van der Waals surface area contributed by atoms with E-state index in [1.807, 2.05) is 12.1 Å². The van der Waals surface area contributed by atoms with E-state index < -0.39 is 0 Å². The Morgan fingerprint density at radius 1 is 1.12 bits per heavy atom. The summed E-state index contributed by atoms with van der Waals surface area (Å²) in [5.41, 5.74) is 2.92. The van der Waals surface area contributed by atoms with Crippen LogP contribution < -0.4 is 5.56 Å². The summed E-state index contributed by atoms with van der Waals surface area (Å²) in [6, 6.07) is 5.40. The average Bonchev–Trinajstić information content (AvgIpc) is 2.26. The number of hydrogen-bond acceptors (Lipinski definition) is 2. The topological polar surface area (TPSA) is 45.8 Å². The van der Waals surface area contributed by atoms with Crippen molar-refractivity contribution in [2.24, 2.45) is 0 Å². The van der Waals surface area contributed by atoms with Gasteiger partial charge in [0.1, 0.15) is 0 Å². The Labute approximate surface area is 101 Å². The number of pyridine rings is 2. The molecule has 3 heteroatoms. The molecule has 2 aromatic rings. The van der Waals surface area contributed by atoms with Crippen LogP contribution in [0.15, 0.2) is 23.0 Å². The SMILES string of the molecule is CC(C)c1cc2[nH]c(=O)ccc2c(C(C)C)n1. The molecule has 0 aliphatic carbocycles. The van der Waals surface area contributed by atoms with Crippen molar-refractivity contribution in [3.63, 3.8) is 0 Å². The zero-order valence-corrected chi connectivity index (χ0v) is 10.7. The lowest BCUT2D eigenvalue weighted by Crippen LogP contribution is -2.07. The quantitative estimate of drug-likeness (QED) is 0.861. The summed E-state index contributed by atoms with van der Waals surface area (Å²) >= 11 is 0. The molecule has 0 saturated carbocycles. The fraction of sp³-hybridized carbons (Fsp3) is 0.429. The van der Waals surface area contributed by atoms with Crippen LogP contribution >= 0.6 is 0 Å². The number of nitrogens with zero attached hydrogens (tertiary/aromatic N) is 1. The fourth-order valence-corrected chi connectivity index (χ4v) is 1.94. The fourth-order valence-electron chi connectivity index (χ4n) is 1.94. The number of nitrogens with one attached hydrogen (secondary N) is 1. The lowest BCUT2D eigenvalue weighted by molar-refractivity contribution is 0.773. The first kappa shape index (κ1) is 11.8. The summed E-state index contributed by atoms with van der Waals surface area (Å²) < 4.78 is 0. The minimum absolute atomic E-state index is 0.0619. The summed E-state index contributed by atoms with van der Waals surface area (Å²) in [5.74, 6) is 0.711. The Morgan fingerprint density at radius 2 is 1.82 bits per heavy atom. The standard InChI is InChI=1S/C14H18N2O/c1-8(2)11-7-12-10(5-6-13(17)15-12)14(16-11)9(3)4/h5-9H,1-4H3,(H,15,17). The van der Waals surface area contributed by atoms with Gasteiger partial charge in [0.2, 0.25) is 5.56 Å². The van der Waals surface area contributed by atoms with Gasteiger partial charge in [-0.15, -0.1) is 0 Å². The Morgan fingerprint density at radius 3 is 2.41 bits per heavy atom. The zero-order valence-electron chi connectivity index (χ0n) is 10.7. The monoisotopic (exact) mass is 230 g/mol. The summed E-state index contributed by atoms with van der Waals surface area (Å²) in [4.78, 5) is 19.0. The number of H-pyrrole nitrogens is 1. The van der Waals surface area contributed by atoms with Gasteiger partial charge in [0.15, 0.2) is 0 Å². The third-order valence-electron chi connectivity index (χ3n) is 2.91. The molecule has 0 atom stereocenters. The third kappa shape index (κ3) is 2.23. The van der Waals surface area contributed by atoms with Crippen LogP contribution in [0.25, 0.3) is 10.9 Å². The van der Waals surface area contributed by atoms with Crippen LogP contribution in [0.4, 0.5) is 0 Å². The largest absolute Gasteiger partial charge is 0.322 e. The number of hydrogen-bond donors (Lipinski definition) is 1. The van der Waals surface area contributed by atoms with Crippen molar-refractivity contribution in [3.05, 3.63) is 39.9 Å². The molecule has 1 N–H and O–H groups in total. The normalized spacial score (nSPS) is 11.6. The van der Waals surface area contributed by atoms with E-state index in [1.54, 1.807) is 6.07 Å². The summed E-state index contributed by atoms with van der Waals surface area (Å²) in [6.45, 7) is 8.46. The predicted octanol–water partition coefficient (Wildman–Crippen LogP) is 3.17. The summed E-state index contributed by atoms with van der Waals surface area (Å²) in [5, 5.41) is 1.05. The number of aromatic amines is 1. The molecule has 0 fully saturated rings.